The highest BCUT2D eigenvalue weighted by molar-refractivity contribution is 9.10. The number of nitrogens with two attached hydrogens (primary N) is 1. The smallest absolute Gasteiger partial charge is 0.226 e. The van der Waals surface area contributed by atoms with Crippen molar-refractivity contribution in [2.45, 2.75) is 31.2 Å². The van der Waals surface area contributed by atoms with Crippen molar-refractivity contribution in [1.82, 2.24) is 14.5 Å². The van der Waals surface area contributed by atoms with Crippen molar-refractivity contribution >= 4 is 44.4 Å². The monoisotopic (exact) mass is 420 g/mol. The van der Waals surface area contributed by atoms with Gasteiger partial charge in [0.2, 0.25) is 5.28 Å². The lowest BCUT2D eigenvalue weighted by Gasteiger charge is -2.15. The number of hydrogen-bond donors (Lipinski definition) is 1. The third-order valence-electron chi connectivity index (χ3n) is 4.99. The Bertz CT molecular complexity index is 942. The van der Waals surface area contributed by atoms with Crippen LogP contribution < -0.4 is 10.5 Å². The van der Waals surface area contributed by atoms with Gasteiger partial charge in [-0.2, -0.15) is 4.98 Å². The van der Waals surface area contributed by atoms with Gasteiger partial charge in [-0.05, 0) is 70.4 Å². The summed E-state index contributed by atoms with van der Waals surface area (Å²) in [5, 5.41) is 1.01. The fourth-order valence-electron chi connectivity index (χ4n) is 3.79. The normalized spacial score (nSPS) is 20.3. The fourth-order valence-corrected chi connectivity index (χ4v) is 4.56. The second-order valence-electron chi connectivity index (χ2n) is 6.40. The molecule has 0 spiro atoms. The van der Waals surface area contributed by atoms with Gasteiger partial charge < -0.3 is 15.0 Å². The minimum absolute atomic E-state index is 0.180. The number of benzene rings is 1. The lowest BCUT2D eigenvalue weighted by Crippen LogP contribution is -2.06. The van der Waals surface area contributed by atoms with Gasteiger partial charge in [0.05, 0.1) is 12.5 Å². The predicted molar refractivity (Wildman–Crippen MR) is 103 cm³/mol. The van der Waals surface area contributed by atoms with E-state index in [4.69, 9.17) is 22.1 Å². The van der Waals surface area contributed by atoms with Crippen LogP contribution in [0.2, 0.25) is 5.28 Å². The summed E-state index contributed by atoms with van der Waals surface area (Å²) in [7, 11) is 1.70. The van der Waals surface area contributed by atoms with Gasteiger partial charge in [0.1, 0.15) is 17.2 Å². The summed E-state index contributed by atoms with van der Waals surface area (Å²) in [5.74, 6) is 1.82. The van der Waals surface area contributed by atoms with Gasteiger partial charge in [-0.15, -0.1) is 0 Å². The highest BCUT2D eigenvalue weighted by atomic mass is 79.9. The second kappa shape index (κ2) is 6.50. The van der Waals surface area contributed by atoms with Gasteiger partial charge in [-0.3, -0.25) is 0 Å². The summed E-state index contributed by atoms with van der Waals surface area (Å²) in [5.41, 5.74) is 8.14. The van der Waals surface area contributed by atoms with E-state index in [1.807, 2.05) is 12.3 Å². The molecule has 0 aliphatic heterocycles. The molecule has 1 saturated carbocycles. The molecular formula is C18H18BrClN4O. The second-order valence-corrected chi connectivity index (χ2v) is 7.59. The molecule has 0 radical (unpaired) electrons. The van der Waals surface area contributed by atoms with Gasteiger partial charge in [-0.1, -0.05) is 12.1 Å². The largest absolute Gasteiger partial charge is 0.497 e. The average molecular weight is 422 g/mol. The zero-order valence-corrected chi connectivity index (χ0v) is 16.1. The Hall–Kier alpha value is -1.79. The van der Waals surface area contributed by atoms with E-state index in [9.17, 15) is 0 Å². The van der Waals surface area contributed by atoms with E-state index in [0.29, 0.717) is 17.8 Å². The lowest BCUT2D eigenvalue weighted by atomic mass is 9.97. The number of nitrogens with zero attached hydrogens (tertiary/aromatic N) is 3. The standard InChI is InChI=1S/C18H18BrClN4O/c1-25-13-4-2-3-10(8-13)11-5-6-12(7-11)24-9-14(19)15-16(21)22-18(20)23-17(15)24/h2-4,8-9,11-12H,5-7H2,1H3,(H2,21,22,23). The Labute approximate surface area is 159 Å². The maximum absolute atomic E-state index is 6.03. The first-order valence-corrected chi connectivity index (χ1v) is 9.37. The van der Waals surface area contributed by atoms with Gasteiger partial charge in [0, 0.05) is 16.7 Å². The number of rotatable bonds is 3. The maximum atomic E-state index is 6.03. The minimum Gasteiger partial charge on any atom is -0.497 e. The molecule has 2 heterocycles. The molecular weight excluding hydrogens is 404 g/mol. The van der Waals surface area contributed by atoms with E-state index in [-0.39, 0.29) is 5.28 Å². The summed E-state index contributed by atoms with van der Waals surface area (Å²) in [6.45, 7) is 0. The Kier molecular flexibility index (Phi) is 4.33. The molecule has 7 heteroatoms. The summed E-state index contributed by atoms with van der Waals surface area (Å²) in [4.78, 5) is 8.47. The van der Waals surface area contributed by atoms with Crippen LogP contribution in [0, 0.1) is 0 Å². The molecule has 0 saturated heterocycles. The molecule has 1 aliphatic carbocycles. The molecule has 2 unspecified atom stereocenters. The number of fused-ring (bicyclic) bond motifs is 1. The van der Waals surface area contributed by atoms with Gasteiger partial charge in [0.25, 0.3) is 0 Å². The number of halogens is 2. The number of aromatic nitrogens is 3. The van der Waals surface area contributed by atoms with Crippen molar-refractivity contribution in [2.24, 2.45) is 0 Å². The number of hydrogen-bond acceptors (Lipinski definition) is 4. The predicted octanol–water partition coefficient (Wildman–Crippen LogP) is 4.95. The molecule has 1 fully saturated rings. The van der Waals surface area contributed by atoms with Crippen LogP contribution in [0.1, 0.15) is 36.8 Å². The molecule has 4 rings (SSSR count). The van der Waals surface area contributed by atoms with Crippen molar-refractivity contribution in [3.8, 4) is 5.75 Å². The molecule has 1 aromatic carbocycles. The van der Waals surface area contributed by atoms with E-state index in [2.05, 4.69) is 48.7 Å². The zero-order valence-electron chi connectivity index (χ0n) is 13.7. The average Bonchev–Trinajstić information content (AvgIpc) is 3.20. The number of anilines is 1. The van der Waals surface area contributed by atoms with Crippen LogP contribution in [-0.4, -0.2) is 21.6 Å². The fraction of sp³-hybridized carbons (Fsp3) is 0.333. The van der Waals surface area contributed by atoms with E-state index >= 15 is 0 Å². The van der Waals surface area contributed by atoms with Gasteiger partial charge in [-0.25, -0.2) is 4.98 Å². The summed E-state index contributed by atoms with van der Waals surface area (Å²) in [6, 6.07) is 8.70. The molecule has 130 valence electrons. The molecule has 2 aromatic heterocycles. The zero-order chi connectivity index (χ0) is 17.6. The molecule has 0 bridgehead atoms. The first-order valence-electron chi connectivity index (χ1n) is 8.20. The van der Waals surface area contributed by atoms with Crippen LogP contribution in [0.3, 0.4) is 0 Å². The van der Waals surface area contributed by atoms with Crippen LogP contribution in [0.25, 0.3) is 11.0 Å². The Balaban J connectivity index is 1.67. The quantitative estimate of drug-likeness (QED) is 0.608. The van der Waals surface area contributed by atoms with Crippen LogP contribution >= 0.6 is 27.5 Å². The molecule has 2 atom stereocenters. The van der Waals surface area contributed by atoms with E-state index in [1.165, 1.54) is 5.56 Å². The number of methoxy groups -OCH3 is 1. The molecule has 25 heavy (non-hydrogen) atoms. The molecule has 2 N–H and O–H groups in total. The minimum atomic E-state index is 0.180. The van der Waals surface area contributed by atoms with Crippen molar-refractivity contribution in [2.75, 3.05) is 12.8 Å². The van der Waals surface area contributed by atoms with Gasteiger partial charge >= 0.3 is 0 Å². The third-order valence-corrected chi connectivity index (χ3v) is 5.76. The molecule has 3 aromatic rings. The topological polar surface area (TPSA) is 66.0 Å². The first kappa shape index (κ1) is 16.7. The third kappa shape index (κ3) is 2.98. The van der Waals surface area contributed by atoms with Crippen molar-refractivity contribution < 1.29 is 4.74 Å². The molecule has 1 aliphatic rings. The summed E-state index contributed by atoms with van der Waals surface area (Å²) in [6.07, 6.45) is 5.30. The van der Waals surface area contributed by atoms with Crippen molar-refractivity contribution in [1.29, 1.82) is 0 Å². The Morgan fingerprint density at radius 1 is 1.32 bits per heavy atom. The van der Waals surface area contributed by atoms with Crippen LogP contribution in [0.4, 0.5) is 5.82 Å². The number of nitrogen functional groups attached to an aromatic ring is 1. The maximum Gasteiger partial charge on any atom is 0.226 e. The molecule has 0 amide bonds. The van der Waals surface area contributed by atoms with E-state index < -0.39 is 0 Å². The van der Waals surface area contributed by atoms with E-state index in [0.717, 1.165) is 40.5 Å². The SMILES string of the molecule is COc1cccc(C2CCC(n3cc(Br)c4c(N)nc(Cl)nc43)C2)c1. The van der Waals surface area contributed by atoms with Crippen molar-refractivity contribution in [3.63, 3.8) is 0 Å². The summed E-state index contributed by atoms with van der Waals surface area (Å²) >= 11 is 9.60. The molecule has 5 nitrogen and oxygen atoms in total. The van der Waals surface area contributed by atoms with Gasteiger partial charge in [0.15, 0.2) is 0 Å². The van der Waals surface area contributed by atoms with Crippen LogP contribution in [0.15, 0.2) is 34.9 Å². The van der Waals surface area contributed by atoms with E-state index in [1.54, 1.807) is 7.11 Å². The highest BCUT2D eigenvalue weighted by Gasteiger charge is 2.29. The number of ether oxygens (including phenoxy) is 1. The summed E-state index contributed by atoms with van der Waals surface area (Å²) < 4.78 is 8.44. The first-order chi connectivity index (χ1) is 12.1. The highest BCUT2D eigenvalue weighted by Crippen LogP contribution is 2.44. The Morgan fingerprint density at radius 3 is 2.96 bits per heavy atom. The van der Waals surface area contributed by atoms with Crippen LogP contribution in [-0.2, 0) is 0 Å². The Morgan fingerprint density at radius 2 is 2.16 bits per heavy atom. The lowest BCUT2D eigenvalue weighted by molar-refractivity contribution is 0.413. The van der Waals surface area contributed by atoms with Crippen LogP contribution in [0.5, 0.6) is 5.75 Å². The van der Waals surface area contributed by atoms with Crippen molar-refractivity contribution in [3.05, 3.63) is 45.8 Å².